The number of H-pyrrole nitrogens is 1. The number of hydrogen-bond donors (Lipinski definition) is 1. The van der Waals surface area contributed by atoms with E-state index in [0.717, 1.165) is 24.3 Å². The topological polar surface area (TPSA) is 98.8 Å². The van der Waals surface area contributed by atoms with Crippen molar-refractivity contribution in [3.05, 3.63) is 39.7 Å². The van der Waals surface area contributed by atoms with Crippen molar-refractivity contribution in [2.75, 3.05) is 13.2 Å². The number of nitrogens with one attached hydrogen (secondary N) is 1. The number of ether oxygens (including phenoxy) is 1. The molecule has 0 atom stereocenters. The monoisotopic (exact) mass is 343 g/mol. The van der Waals surface area contributed by atoms with Crippen molar-refractivity contribution in [2.45, 2.75) is 45.6 Å². The molecule has 0 unspecified atom stereocenters. The molecule has 3 aromatic rings. The summed E-state index contributed by atoms with van der Waals surface area (Å²) in [6.07, 6.45) is 4.52. The molecule has 0 radical (unpaired) electrons. The molecule has 3 aromatic heterocycles. The van der Waals surface area contributed by atoms with Crippen LogP contribution >= 0.6 is 0 Å². The first-order valence-electron chi connectivity index (χ1n) is 8.59. The molecule has 4 rings (SSSR count). The minimum atomic E-state index is -0.155. The van der Waals surface area contributed by atoms with Gasteiger partial charge in [-0.05, 0) is 26.7 Å². The van der Waals surface area contributed by atoms with Crippen molar-refractivity contribution in [2.24, 2.45) is 0 Å². The van der Waals surface area contributed by atoms with Crippen LogP contribution in [-0.4, -0.2) is 37.9 Å². The largest absolute Gasteiger partial charge is 0.446 e. The maximum Gasteiger partial charge on any atom is 0.262 e. The summed E-state index contributed by atoms with van der Waals surface area (Å²) in [5.41, 5.74) is 1.38. The van der Waals surface area contributed by atoms with Crippen LogP contribution in [0, 0.1) is 13.8 Å². The van der Waals surface area contributed by atoms with Crippen LogP contribution in [-0.2, 0) is 17.6 Å². The third-order valence-electron chi connectivity index (χ3n) is 4.70. The normalized spacial score (nSPS) is 15.9. The molecular formula is C17H21N5O3. The fourth-order valence-corrected chi connectivity index (χ4v) is 3.17. The molecule has 0 aliphatic carbocycles. The highest BCUT2D eigenvalue weighted by atomic mass is 16.5. The van der Waals surface area contributed by atoms with Crippen LogP contribution in [0.1, 0.15) is 42.1 Å². The van der Waals surface area contributed by atoms with Crippen LogP contribution < -0.4 is 5.56 Å². The predicted molar refractivity (Wildman–Crippen MR) is 90.6 cm³/mol. The maximum absolute atomic E-state index is 12.4. The summed E-state index contributed by atoms with van der Waals surface area (Å²) < 4.78 is 12.9. The first kappa shape index (κ1) is 16.0. The maximum atomic E-state index is 12.4. The van der Waals surface area contributed by atoms with Crippen molar-refractivity contribution in [1.82, 2.24) is 24.7 Å². The van der Waals surface area contributed by atoms with E-state index < -0.39 is 0 Å². The second-order valence-electron chi connectivity index (χ2n) is 6.43. The number of aromatic nitrogens is 5. The fourth-order valence-electron chi connectivity index (χ4n) is 3.17. The molecule has 0 bridgehead atoms. The molecular weight excluding hydrogens is 322 g/mol. The number of oxazole rings is 1. The Hall–Kier alpha value is -2.48. The molecule has 0 saturated carbocycles. The Bertz CT molecular complexity index is 929. The van der Waals surface area contributed by atoms with E-state index in [4.69, 9.17) is 9.15 Å². The standard InChI is InChI=1S/C17H21N5O3/c1-10-11(2)25-15(19-10)4-3-14-20-16-13(17(23)21-14)9-18-22(16)12-5-7-24-8-6-12/h9,12H,3-8H2,1-2H3,(H,20,21,23). The van der Waals surface area contributed by atoms with E-state index in [1.807, 2.05) is 18.5 Å². The lowest BCUT2D eigenvalue weighted by atomic mass is 10.1. The summed E-state index contributed by atoms with van der Waals surface area (Å²) in [5, 5.41) is 4.93. The van der Waals surface area contributed by atoms with Crippen molar-refractivity contribution in [3.63, 3.8) is 0 Å². The van der Waals surface area contributed by atoms with Gasteiger partial charge in [-0.3, -0.25) is 4.79 Å². The molecule has 1 N–H and O–H groups in total. The molecule has 25 heavy (non-hydrogen) atoms. The van der Waals surface area contributed by atoms with E-state index in [1.165, 1.54) is 0 Å². The second kappa shape index (κ2) is 6.44. The van der Waals surface area contributed by atoms with Gasteiger partial charge in [0.1, 0.15) is 17.0 Å². The van der Waals surface area contributed by atoms with Crippen molar-refractivity contribution >= 4 is 11.0 Å². The molecule has 1 aliphatic heterocycles. The van der Waals surface area contributed by atoms with E-state index >= 15 is 0 Å². The number of rotatable bonds is 4. The van der Waals surface area contributed by atoms with Crippen LogP contribution in [0.25, 0.3) is 11.0 Å². The Morgan fingerprint density at radius 1 is 1.24 bits per heavy atom. The van der Waals surface area contributed by atoms with Gasteiger partial charge in [0.25, 0.3) is 5.56 Å². The number of fused-ring (bicyclic) bond motifs is 1. The Kier molecular flexibility index (Phi) is 4.12. The smallest absolute Gasteiger partial charge is 0.262 e. The first-order valence-corrected chi connectivity index (χ1v) is 8.59. The Morgan fingerprint density at radius 2 is 2.04 bits per heavy atom. The highest BCUT2D eigenvalue weighted by Crippen LogP contribution is 2.23. The molecule has 0 aromatic carbocycles. The number of aryl methyl sites for hydroxylation is 4. The molecule has 1 fully saturated rings. The quantitative estimate of drug-likeness (QED) is 0.776. The lowest BCUT2D eigenvalue weighted by Gasteiger charge is -2.22. The first-order chi connectivity index (χ1) is 12.1. The van der Waals surface area contributed by atoms with Crippen LogP contribution in [0.4, 0.5) is 0 Å². The van der Waals surface area contributed by atoms with Crippen LogP contribution in [0.5, 0.6) is 0 Å². The lowest BCUT2D eigenvalue weighted by molar-refractivity contribution is 0.0673. The molecule has 1 saturated heterocycles. The predicted octanol–water partition coefficient (Wildman–Crippen LogP) is 1.86. The van der Waals surface area contributed by atoms with Gasteiger partial charge in [-0.1, -0.05) is 0 Å². The van der Waals surface area contributed by atoms with Crippen LogP contribution in [0.3, 0.4) is 0 Å². The van der Waals surface area contributed by atoms with Crippen molar-refractivity contribution in [1.29, 1.82) is 0 Å². The molecule has 0 spiro atoms. The van der Waals surface area contributed by atoms with E-state index in [-0.39, 0.29) is 11.6 Å². The molecule has 0 amide bonds. The van der Waals surface area contributed by atoms with Crippen LogP contribution in [0.2, 0.25) is 0 Å². The average Bonchev–Trinajstić information content (AvgIpc) is 3.18. The van der Waals surface area contributed by atoms with E-state index in [1.54, 1.807) is 6.20 Å². The summed E-state index contributed by atoms with van der Waals surface area (Å²) in [4.78, 5) is 24.2. The van der Waals surface area contributed by atoms with Gasteiger partial charge in [0.2, 0.25) is 0 Å². The Balaban J connectivity index is 1.62. The van der Waals surface area contributed by atoms with E-state index in [9.17, 15) is 4.79 Å². The Labute approximate surface area is 144 Å². The van der Waals surface area contributed by atoms with Gasteiger partial charge in [-0.2, -0.15) is 5.10 Å². The van der Waals surface area contributed by atoms with Gasteiger partial charge in [-0.25, -0.2) is 14.6 Å². The molecule has 8 nitrogen and oxygen atoms in total. The zero-order valence-electron chi connectivity index (χ0n) is 14.4. The van der Waals surface area contributed by atoms with Gasteiger partial charge in [0, 0.05) is 26.1 Å². The summed E-state index contributed by atoms with van der Waals surface area (Å²) in [5.74, 6) is 2.11. The lowest BCUT2D eigenvalue weighted by Crippen LogP contribution is -2.21. The van der Waals surface area contributed by atoms with Crippen molar-refractivity contribution in [3.8, 4) is 0 Å². The van der Waals surface area contributed by atoms with E-state index in [2.05, 4.69) is 20.1 Å². The van der Waals surface area contributed by atoms with Crippen molar-refractivity contribution < 1.29 is 9.15 Å². The summed E-state index contributed by atoms with van der Waals surface area (Å²) in [6, 6.07) is 0.227. The summed E-state index contributed by atoms with van der Waals surface area (Å²) in [7, 11) is 0. The zero-order valence-corrected chi connectivity index (χ0v) is 14.4. The second-order valence-corrected chi connectivity index (χ2v) is 6.43. The number of aromatic amines is 1. The molecule has 1 aliphatic rings. The fraction of sp³-hybridized carbons (Fsp3) is 0.529. The minimum Gasteiger partial charge on any atom is -0.446 e. The highest BCUT2D eigenvalue weighted by molar-refractivity contribution is 5.73. The summed E-state index contributed by atoms with van der Waals surface area (Å²) in [6.45, 7) is 5.24. The highest BCUT2D eigenvalue weighted by Gasteiger charge is 2.20. The number of nitrogens with zero attached hydrogens (tertiary/aromatic N) is 4. The van der Waals surface area contributed by atoms with Gasteiger partial charge in [0.05, 0.1) is 17.9 Å². The van der Waals surface area contributed by atoms with Gasteiger partial charge in [0.15, 0.2) is 11.5 Å². The SMILES string of the molecule is Cc1nc(CCc2nc3c(cnn3C3CCOCC3)c(=O)[nH]2)oc1C. The van der Waals surface area contributed by atoms with Gasteiger partial charge < -0.3 is 14.1 Å². The van der Waals surface area contributed by atoms with Gasteiger partial charge in [-0.15, -0.1) is 0 Å². The molecule has 8 heteroatoms. The Morgan fingerprint density at radius 3 is 2.76 bits per heavy atom. The van der Waals surface area contributed by atoms with E-state index in [0.29, 0.717) is 48.8 Å². The molecule has 4 heterocycles. The van der Waals surface area contributed by atoms with Gasteiger partial charge >= 0.3 is 0 Å². The number of hydrogen-bond acceptors (Lipinski definition) is 6. The zero-order chi connectivity index (χ0) is 17.4. The summed E-state index contributed by atoms with van der Waals surface area (Å²) >= 11 is 0. The van der Waals surface area contributed by atoms with Crippen LogP contribution in [0.15, 0.2) is 15.4 Å². The average molecular weight is 343 g/mol. The minimum absolute atomic E-state index is 0.155. The third kappa shape index (κ3) is 3.09. The third-order valence-corrected chi connectivity index (χ3v) is 4.70. The molecule has 132 valence electrons.